The molecule has 0 aromatic heterocycles. The van der Waals surface area contributed by atoms with Crippen molar-refractivity contribution in [1.82, 2.24) is 5.32 Å². The molecule has 2 N–H and O–H groups in total. The maximum atomic E-state index is 12.6. The van der Waals surface area contributed by atoms with Crippen LogP contribution in [0.1, 0.15) is 77.2 Å². The van der Waals surface area contributed by atoms with Crippen molar-refractivity contribution < 1.29 is 9.90 Å². The van der Waals surface area contributed by atoms with Crippen molar-refractivity contribution in [2.75, 3.05) is 13.1 Å². The molecule has 0 bridgehead atoms. The van der Waals surface area contributed by atoms with Crippen molar-refractivity contribution in [3.63, 3.8) is 0 Å². The molecule has 0 saturated heterocycles. The van der Waals surface area contributed by atoms with Gasteiger partial charge in [-0.15, -0.1) is 0 Å². The molecule has 4 saturated carbocycles. The number of ketones is 1. The zero-order valence-electron chi connectivity index (χ0n) is 19.5. The fourth-order valence-electron chi connectivity index (χ4n) is 8.45. The molecular formula is C28H41NO2. The predicted molar refractivity (Wildman–Crippen MR) is 125 cm³/mol. The van der Waals surface area contributed by atoms with Gasteiger partial charge in [0.25, 0.3) is 0 Å². The van der Waals surface area contributed by atoms with E-state index in [4.69, 9.17) is 0 Å². The highest BCUT2D eigenvalue weighted by Crippen LogP contribution is 2.66. The first-order chi connectivity index (χ1) is 14.8. The average molecular weight is 424 g/mol. The molecule has 4 aliphatic rings. The Hall–Kier alpha value is -1.19. The van der Waals surface area contributed by atoms with Crippen LogP contribution in [0.5, 0.6) is 0 Å². The van der Waals surface area contributed by atoms with Crippen molar-refractivity contribution in [2.45, 2.75) is 83.7 Å². The van der Waals surface area contributed by atoms with Gasteiger partial charge >= 0.3 is 0 Å². The molecule has 5 rings (SSSR count). The maximum absolute atomic E-state index is 12.6. The highest BCUT2D eigenvalue weighted by molar-refractivity contribution is 5.87. The third-order valence-corrected chi connectivity index (χ3v) is 10.4. The van der Waals surface area contributed by atoms with Gasteiger partial charge in [0.15, 0.2) is 0 Å². The molecule has 170 valence electrons. The molecule has 31 heavy (non-hydrogen) atoms. The lowest BCUT2D eigenvalue weighted by Crippen LogP contribution is -2.57. The second-order valence-corrected chi connectivity index (χ2v) is 11.9. The SMILES string of the molecule is C[C@]12CC[C@](O)(CNCCc3ccccc3)C[C@@H]1CC[C@@H]1[C@@H]2CC[C@]2(C)C(=O)CC[C@@H]12. The van der Waals surface area contributed by atoms with E-state index in [-0.39, 0.29) is 5.41 Å². The van der Waals surface area contributed by atoms with Gasteiger partial charge in [-0.25, -0.2) is 0 Å². The normalized spacial score (nSPS) is 44.4. The molecule has 0 heterocycles. The predicted octanol–water partition coefficient (Wildman–Crippen LogP) is 5.16. The number of hydrogen-bond donors (Lipinski definition) is 2. The van der Waals surface area contributed by atoms with Gasteiger partial charge in [-0.3, -0.25) is 4.79 Å². The molecule has 4 fully saturated rings. The summed E-state index contributed by atoms with van der Waals surface area (Å²) in [5.41, 5.74) is 1.13. The van der Waals surface area contributed by atoms with Crippen LogP contribution in [-0.2, 0) is 11.2 Å². The van der Waals surface area contributed by atoms with E-state index in [1.165, 1.54) is 24.8 Å². The Kier molecular flexibility index (Phi) is 5.58. The van der Waals surface area contributed by atoms with E-state index in [9.17, 15) is 9.90 Å². The van der Waals surface area contributed by atoms with Crippen molar-refractivity contribution in [3.05, 3.63) is 35.9 Å². The second kappa shape index (κ2) is 7.99. The summed E-state index contributed by atoms with van der Waals surface area (Å²) < 4.78 is 0. The average Bonchev–Trinajstić information content (AvgIpc) is 3.07. The van der Waals surface area contributed by atoms with Gasteiger partial charge in [-0.05, 0) is 99.0 Å². The summed E-state index contributed by atoms with van der Waals surface area (Å²) in [6.45, 7) is 6.46. The van der Waals surface area contributed by atoms with Crippen LogP contribution in [0.3, 0.4) is 0 Å². The first-order valence-corrected chi connectivity index (χ1v) is 12.8. The van der Waals surface area contributed by atoms with Crippen LogP contribution in [0.15, 0.2) is 30.3 Å². The number of benzene rings is 1. The Balaban J connectivity index is 1.20. The molecular weight excluding hydrogens is 382 g/mol. The first-order valence-electron chi connectivity index (χ1n) is 12.8. The number of Topliss-reactive ketones (excluding diaryl/α,β-unsaturated/α-hetero) is 1. The summed E-state index contributed by atoms with van der Waals surface area (Å²) >= 11 is 0. The van der Waals surface area contributed by atoms with E-state index < -0.39 is 5.60 Å². The largest absolute Gasteiger partial charge is 0.389 e. The first kappa shape index (κ1) is 21.6. The van der Waals surface area contributed by atoms with Gasteiger partial charge in [0, 0.05) is 18.4 Å². The van der Waals surface area contributed by atoms with Crippen LogP contribution in [0.25, 0.3) is 0 Å². The monoisotopic (exact) mass is 423 g/mol. The van der Waals surface area contributed by atoms with E-state index in [1.807, 2.05) is 0 Å². The van der Waals surface area contributed by atoms with Gasteiger partial charge in [-0.1, -0.05) is 44.2 Å². The Morgan fingerprint density at radius 1 is 1.00 bits per heavy atom. The number of carbonyl (C=O) groups is 1. The smallest absolute Gasteiger partial charge is 0.139 e. The van der Waals surface area contributed by atoms with Crippen LogP contribution in [-0.4, -0.2) is 29.6 Å². The molecule has 0 radical (unpaired) electrons. The standard InChI is InChI=1S/C28H41NO2/c1-26-15-16-28(31,19-29-17-13-20-6-4-3-5-7-20)18-21(26)8-9-22-23-10-11-25(30)27(23,2)14-12-24(22)26/h3-7,21-24,29,31H,8-19H2,1-2H3/t21-,22-,23-,24-,26-,27-,28+/m0/s1. The second-order valence-electron chi connectivity index (χ2n) is 11.9. The van der Waals surface area contributed by atoms with Crippen LogP contribution >= 0.6 is 0 Å². The van der Waals surface area contributed by atoms with Crippen molar-refractivity contribution in [3.8, 4) is 0 Å². The quantitative estimate of drug-likeness (QED) is 0.643. The molecule has 3 heteroatoms. The summed E-state index contributed by atoms with van der Waals surface area (Å²) in [6, 6.07) is 10.6. The molecule has 1 aromatic carbocycles. The Morgan fingerprint density at radius 2 is 1.81 bits per heavy atom. The summed E-state index contributed by atoms with van der Waals surface area (Å²) in [4.78, 5) is 12.6. The molecule has 0 unspecified atom stereocenters. The molecule has 0 spiro atoms. The molecule has 3 nitrogen and oxygen atoms in total. The number of hydrogen-bond acceptors (Lipinski definition) is 3. The number of carbonyl (C=O) groups excluding carboxylic acids is 1. The van der Waals surface area contributed by atoms with Crippen molar-refractivity contribution in [2.24, 2.45) is 34.5 Å². The van der Waals surface area contributed by atoms with Crippen LogP contribution < -0.4 is 5.32 Å². The Bertz CT molecular complexity index is 808. The molecule has 0 aliphatic heterocycles. The molecule has 0 amide bonds. The number of rotatable bonds is 5. The summed E-state index contributed by atoms with van der Waals surface area (Å²) in [5, 5.41) is 15.0. The molecule has 1 aromatic rings. The number of aliphatic hydroxyl groups is 1. The molecule has 4 aliphatic carbocycles. The van der Waals surface area contributed by atoms with Gasteiger partial charge < -0.3 is 10.4 Å². The summed E-state index contributed by atoms with van der Waals surface area (Å²) in [5.74, 6) is 3.29. The highest BCUT2D eigenvalue weighted by atomic mass is 16.3. The lowest BCUT2D eigenvalue weighted by atomic mass is 9.44. The number of nitrogens with one attached hydrogen (secondary N) is 1. The minimum Gasteiger partial charge on any atom is -0.389 e. The fraction of sp³-hybridized carbons (Fsp3) is 0.750. The lowest BCUT2D eigenvalue weighted by Gasteiger charge is -2.61. The van der Waals surface area contributed by atoms with Crippen molar-refractivity contribution in [1.29, 1.82) is 0 Å². The zero-order valence-corrected chi connectivity index (χ0v) is 19.5. The maximum Gasteiger partial charge on any atom is 0.139 e. The van der Waals surface area contributed by atoms with E-state index >= 15 is 0 Å². The van der Waals surface area contributed by atoms with E-state index in [2.05, 4.69) is 49.5 Å². The van der Waals surface area contributed by atoms with Gasteiger partial charge in [0.2, 0.25) is 0 Å². The molecule has 7 atom stereocenters. The van der Waals surface area contributed by atoms with Crippen LogP contribution in [0.4, 0.5) is 0 Å². The fourth-order valence-corrected chi connectivity index (χ4v) is 8.45. The summed E-state index contributed by atoms with van der Waals surface area (Å²) in [7, 11) is 0. The van der Waals surface area contributed by atoms with Crippen LogP contribution in [0, 0.1) is 34.5 Å². The Labute approximate surface area is 188 Å². The van der Waals surface area contributed by atoms with Crippen molar-refractivity contribution >= 4 is 5.78 Å². The zero-order chi connectivity index (χ0) is 21.7. The third kappa shape index (κ3) is 3.70. The highest BCUT2D eigenvalue weighted by Gasteiger charge is 2.61. The van der Waals surface area contributed by atoms with E-state index in [0.29, 0.717) is 23.0 Å². The van der Waals surface area contributed by atoms with Gasteiger partial charge in [0.05, 0.1) is 5.60 Å². The minimum atomic E-state index is -0.555. The summed E-state index contributed by atoms with van der Waals surface area (Å²) in [6.07, 6.45) is 10.8. The van der Waals surface area contributed by atoms with E-state index in [0.717, 1.165) is 69.9 Å². The van der Waals surface area contributed by atoms with Gasteiger partial charge in [0.1, 0.15) is 5.78 Å². The minimum absolute atomic E-state index is 0.0254. The number of fused-ring (bicyclic) bond motifs is 5. The van der Waals surface area contributed by atoms with E-state index in [1.54, 1.807) is 0 Å². The third-order valence-electron chi connectivity index (χ3n) is 10.4. The Morgan fingerprint density at radius 3 is 2.61 bits per heavy atom. The lowest BCUT2D eigenvalue weighted by molar-refractivity contribution is -0.153. The topological polar surface area (TPSA) is 49.3 Å². The van der Waals surface area contributed by atoms with Crippen LogP contribution in [0.2, 0.25) is 0 Å². The van der Waals surface area contributed by atoms with Gasteiger partial charge in [-0.2, -0.15) is 0 Å².